The second-order valence-electron chi connectivity index (χ2n) is 17.7. The molecule has 0 spiro atoms. The van der Waals surface area contributed by atoms with Crippen molar-refractivity contribution >= 4 is 0 Å². The minimum absolute atomic E-state index is 0.534. The Kier molecular flexibility index (Phi) is 14.6. The second kappa shape index (κ2) is 17.6. The second-order valence-corrected chi connectivity index (χ2v) is 17.7. The van der Waals surface area contributed by atoms with Gasteiger partial charge in [-0.05, 0) is 104 Å². The zero-order valence-corrected chi connectivity index (χ0v) is 30.5. The lowest BCUT2D eigenvalue weighted by Crippen LogP contribution is -2.50. The van der Waals surface area contributed by atoms with Crippen molar-refractivity contribution in [3.05, 3.63) is 11.6 Å². The Labute approximate surface area is 271 Å². The number of hydrogen-bond acceptors (Lipinski definition) is 0. The number of rotatable bonds is 20. The number of hydrogen-bond donors (Lipinski definition) is 0. The van der Waals surface area contributed by atoms with Gasteiger partial charge in [0, 0.05) is 0 Å². The molecule has 0 N–H and O–H groups in total. The van der Waals surface area contributed by atoms with Crippen LogP contribution in [-0.2, 0) is 0 Å². The van der Waals surface area contributed by atoms with Crippen molar-refractivity contribution in [2.24, 2.45) is 52.3 Å². The van der Waals surface area contributed by atoms with Crippen LogP contribution in [-0.4, -0.2) is 0 Å². The van der Waals surface area contributed by atoms with E-state index >= 15 is 0 Å². The molecule has 8 atom stereocenters. The van der Waals surface area contributed by atoms with Crippen molar-refractivity contribution in [2.75, 3.05) is 0 Å². The zero-order valence-electron chi connectivity index (χ0n) is 30.5. The third kappa shape index (κ3) is 9.18. The highest BCUT2D eigenvalue weighted by Crippen LogP contribution is 2.67. The quantitative estimate of drug-likeness (QED) is 0.0971. The average Bonchev–Trinajstić information content (AvgIpc) is 3.35. The summed E-state index contributed by atoms with van der Waals surface area (Å²) in [5, 5.41) is 0. The minimum Gasteiger partial charge on any atom is -0.0845 e. The monoisotopic (exact) mass is 595 g/mol. The van der Waals surface area contributed by atoms with Gasteiger partial charge < -0.3 is 0 Å². The fraction of sp³-hybridized carbons (Fsp3) is 0.953. The summed E-state index contributed by atoms with van der Waals surface area (Å²) >= 11 is 0. The fourth-order valence-electron chi connectivity index (χ4n) is 11.6. The molecule has 0 nitrogen and oxygen atoms in total. The maximum Gasteiger partial charge on any atom is -0.00851 e. The Morgan fingerprint density at radius 3 is 1.77 bits per heavy atom. The first-order chi connectivity index (χ1) is 20.8. The summed E-state index contributed by atoms with van der Waals surface area (Å²) in [6, 6.07) is 0. The molecule has 0 saturated heterocycles. The lowest BCUT2D eigenvalue weighted by Gasteiger charge is -2.59. The molecule has 0 aromatic heterocycles. The van der Waals surface area contributed by atoms with Crippen LogP contribution in [0.15, 0.2) is 11.6 Å². The predicted octanol–water partition coefficient (Wildman–Crippen LogP) is 14.5. The first-order valence-electron chi connectivity index (χ1n) is 20.5. The molecule has 250 valence electrons. The first-order valence-corrected chi connectivity index (χ1v) is 20.5. The van der Waals surface area contributed by atoms with Gasteiger partial charge in [-0.2, -0.15) is 0 Å². The van der Waals surface area contributed by atoms with Crippen molar-refractivity contribution in [3.8, 4) is 0 Å². The van der Waals surface area contributed by atoms with E-state index < -0.39 is 0 Å². The van der Waals surface area contributed by atoms with Crippen molar-refractivity contribution in [1.82, 2.24) is 0 Å². The molecule has 4 rings (SSSR count). The van der Waals surface area contributed by atoms with E-state index in [0.717, 1.165) is 41.4 Å². The van der Waals surface area contributed by atoms with E-state index in [1.807, 2.05) is 5.57 Å². The molecule has 43 heavy (non-hydrogen) atoms. The standard InChI is InChI=1S/C43H78/c1-7-8-9-10-11-12-13-14-15-16-17-18-19-20-21-22-23-24-35(4)39-27-28-40-38-26-25-37-33-36(34(2)3)29-31-42(37,5)41(38)30-32-43(39,40)6/h25,34-36,38-41H,7-24,26-33H2,1-6H3/t35-,36+,38?,39-,40+,41+,42+,43-/m1/s1. The van der Waals surface area contributed by atoms with Crippen molar-refractivity contribution in [3.63, 3.8) is 0 Å². The summed E-state index contributed by atoms with van der Waals surface area (Å²) in [5.41, 5.74) is 3.06. The van der Waals surface area contributed by atoms with Gasteiger partial charge in [0.2, 0.25) is 0 Å². The van der Waals surface area contributed by atoms with E-state index in [2.05, 4.69) is 47.6 Å². The van der Waals surface area contributed by atoms with Crippen LogP contribution < -0.4 is 0 Å². The summed E-state index contributed by atoms with van der Waals surface area (Å²) in [5.74, 6) is 6.71. The smallest absolute Gasteiger partial charge is 0.00851 e. The van der Waals surface area contributed by atoms with Gasteiger partial charge in [0.15, 0.2) is 0 Å². The van der Waals surface area contributed by atoms with Crippen molar-refractivity contribution in [2.45, 2.75) is 208 Å². The highest BCUT2D eigenvalue weighted by molar-refractivity contribution is 5.25. The molecule has 0 bridgehead atoms. The molecule has 4 aliphatic rings. The van der Waals surface area contributed by atoms with Crippen LogP contribution in [0, 0.1) is 52.3 Å². The molecular formula is C43H78. The predicted molar refractivity (Wildman–Crippen MR) is 191 cm³/mol. The van der Waals surface area contributed by atoms with Crippen LogP contribution in [0.1, 0.15) is 208 Å². The average molecular weight is 595 g/mol. The van der Waals surface area contributed by atoms with Gasteiger partial charge in [-0.1, -0.05) is 169 Å². The molecule has 1 unspecified atom stereocenters. The third-order valence-corrected chi connectivity index (χ3v) is 14.6. The molecule has 0 radical (unpaired) electrons. The number of allylic oxidation sites excluding steroid dienone is 2. The van der Waals surface area contributed by atoms with Crippen LogP contribution >= 0.6 is 0 Å². The van der Waals surface area contributed by atoms with E-state index in [1.54, 1.807) is 6.42 Å². The van der Waals surface area contributed by atoms with E-state index in [-0.39, 0.29) is 0 Å². The molecule has 0 aliphatic heterocycles. The maximum atomic E-state index is 2.80. The maximum absolute atomic E-state index is 2.80. The van der Waals surface area contributed by atoms with Gasteiger partial charge in [-0.25, -0.2) is 0 Å². The molecule has 3 saturated carbocycles. The van der Waals surface area contributed by atoms with Gasteiger partial charge in [0.1, 0.15) is 0 Å². The Bertz CT molecular complexity index is 805. The van der Waals surface area contributed by atoms with Gasteiger partial charge in [-0.3, -0.25) is 0 Å². The minimum atomic E-state index is 0.534. The van der Waals surface area contributed by atoms with Crippen molar-refractivity contribution in [1.29, 1.82) is 0 Å². The lowest BCUT2D eigenvalue weighted by atomic mass is 9.46. The molecule has 3 fully saturated rings. The zero-order chi connectivity index (χ0) is 30.7. The summed E-state index contributed by atoms with van der Waals surface area (Å²) in [4.78, 5) is 0. The van der Waals surface area contributed by atoms with Crippen LogP contribution in [0.2, 0.25) is 0 Å². The molecule has 0 heteroatoms. The van der Waals surface area contributed by atoms with Crippen LogP contribution in [0.3, 0.4) is 0 Å². The van der Waals surface area contributed by atoms with E-state index in [4.69, 9.17) is 0 Å². The van der Waals surface area contributed by atoms with Crippen LogP contribution in [0.4, 0.5) is 0 Å². The molecular weight excluding hydrogens is 516 g/mol. The van der Waals surface area contributed by atoms with E-state index in [0.29, 0.717) is 10.8 Å². The Morgan fingerprint density at radius 1 is 0.651 bits per heavy atom. The van der Waals surface area contributed by atoms with Gasteiger partial charge in [0.05, 0.1) is 0 Å². The van der Waals surface area contributed by atoms with Gasteiger partial charge in [-0.15, -0.1) is 0 Å². The molecule has 0 amide bonds. The molecule has 4 aliphatic carbocycles. The molecule has 0 heterocycles. The SMILES string of the molecule is CCCCCCCCCCCCCCCCCCC[C@@H](C)[C@H]1CC[C@H]2C3CC=C4C[C@@H](C(C)C)CC[C@]4(C)[C@H]3CC[C@]12C. The van der Waals surface area contributed by atoms with Crippen LogP contribution in [0.25, 0.3) is 0 Å². The summed E-state index contributed by atoms with van der Waals surface area (Å²) in [6.07, 6.45) is 41.4. The Morgan fingerprint density at radius 2 is 1.21 bits per heavy atom. The number of fused-ring (bicyclic) bond motifs is 5. The van der Waals surface area contributed by atoms with E-state index in [1.165, 1.54) is 161 Å². The summed E-state index contributed by atoms with van der Waals surface area (Å²) < 4.78 is 0. The highest BCUT2D eigenvalue weighted by atomic mass is 14.6. The van der Waals surface area contributed by atoms with E-state index in [9.17, 15) is 0 Å². The van der Waals surface area contributed by atoms with Gasteiger partial charge in [0.25, 0.3) is 0 Å². The fourth-order valence-corrected chi connectivity index (χ4v) is 11.6. The summed E-state index contributed by atoms with van der Waals surface area (Å²) in [7, 11) is 0. The topological polar surface area (TPSA) is 0 Å². The van der Waals surface area contributed by atoms with Crippen LogP contribution in [0.5, 0.6) is 0 Å². The third-order valence-electron chi connectivity index (χ3n) is 14.6. The largest absolute Gasteiger partial charge is 0.0845 e. The molecule has 0 aromatic carbocycles. The normalized spacial score (nSPS) is 34.5. The summed E-state index contributed by atoms with van der Waals surface area (Å²) in [6.45, 7) is 15.4. The first kappa shape index (κ1) is 35.6. The highest BCUT2D eigenvalue weighted by Gasteiger charge is 2.59. The number of unbranched alkanes of at least 4 members (excludes halogenated alkanes) is 16. The Balaban J connectivity index is 1.07. The Hall–Kier alpha value is -0.260. The van der Waals surface area contributed by atoms with Crippen molar-refractivity contribution < 1.29 is 0 Å². The van der Waals surface area contributed by atoms with Gasteiger partial charge >= 0.3 is 0 Å². The molecule has 0 aromatic rings. The lowest BCUT2D eigenvalue weighted by molar-refractivity contribution is -0.0538.